The summed E-state index contributed by atoms with van der Waals surface area (Å²) in [6, 6.07) is 8.35. The number of rotatable bonds is 4. The molecule has 5 nitrogen and oxygen atoms in total. The number of nitrogens with two attached hydrogens (primary N) is 1. The SMILES string of the molecule is CC(C)(C)NC(N)=NCc1cccc(Cn2ccnc2)c1.I. The van der Waals surface area contributed by atoms with E-state index in [0.717, 1.165) is 12.1 Å². The molecule has 120 valence electrons. The number of hydrogen-bond acceptors (Lipinski definition) is 2. The van der Waals surface area contributed by atoms with Crippen molar-refractivity contribution in [1.29, 1.82) is 0 Å². The fourth-order valence-electron chi connectivity index (χ4n) is 2.02. The molecule has 0 aliphatic heterocycles. The van der Waals surface area contributed by atoms with Crippen molar-refractivity contribution in [1.82, 2.24) is 14.9 Å². The molecule has 2 aromatic rings. The molecule has 0 aliphatic rings. The molecule has 2 rings (SSSR count). The zero-order valence-corrected chi connectivity index (χ0v) is 15.6. The highest BCUT2D eigenvalue weighted by Gasteiger charge is 2.09. The summed E-state index contributed by atoms with van der Waals surface area (Å²) in [5, 5.41) is 3.16. The Labute approximate surface area is 149 Å². The molecule has 0 radical (unpaired) electrons. The first kappa shape index (κ1) is 18.5. The fraction of sp³-hybridized carbons (Fsp3) is 0.375. The Morgan fingerprint density at radius 1 is 1.32 bits per heavy atom. The van der Waals surface area contributed by atoms with E-state index >= 15 is 0 Å². The van der Waals surface area contributed by atoms with Crippen LogP contribution in [0, 0.1) is 0 Å². The topological polar surface area (TPSA) is 68.2 Å². The molecular weight excluding hydrogens is 389 g/mol. The molecule has 0 aliphatic carbocycles. The lowest BCUT2D eigenvalue weighted by molar-refractivity contribution is 0.508. The van der Waals surface area contributed by atoms with Gasteiger partial charge in [0.05, 0.1) is 12.9 Å². The fourth-order valence-corrected chi connectivity index (χ4v) is 2.02. The largest absolute Gasteiger partial charge is 0.370 e. The van der Waals surface area contributed by atoms with Crippen molar-refractivity contribution < 1.29 is 0 Å². The van der Waals surface area contributed by atoms with E-state index in [1.54, 1.807) is 6.20 Å². The summed E-state index contributed by atoms with van der Waals surface area (Å²) in [5.74, 6) is 0.475. The Bertz CT molecular complexity index is 599. The maximum Gasteiger partial charge on any atom is 0.189 e. The molecular formula is C16H24IN5. The number of imidazole rings is 1. The summed E-state index contributed by atoms with van der Waals surface area (Å²) in [5.41, 5.74) is 8.18. The van der Waals surface area contributed by atoms with Crippen molar-refractivity contribution in [3.8, 4) is 0 Å². The third kappa shape index (κ3) is 6.46. The summed E-state index contributed by atoms with van der Waals surface area (Å²) in [4.78, 5) is 8.43. The van der Waals surface area contributed by atoms with Gasteiger partial charge in [-0.3, -0.25) is 0 Å². The number of nitrogens with zero attached hydrogens (tertiary/aromatic N) is 3. The number of aliphatic imine (C=N–C) groups is 1. The van der Waals surface area contributed by atoms with Gasteiger partial charge in [-0.2, -0.15) is 0 Å². The highest BCUT2D eigenvalue weighted by Crippen LogP contribution is 2.08. The molecule has 0 atom stereocenters. The predicted octanol–water partition coefficient (Wildman–Crippen LogP) is 2.75. The van der Waals surface area contributed by atoms with Gasteiger partial charge in [-0.15, -0.1) is 24.0 Å². The lowest BCUT2D eigenvalue weighted by Gasteiger charge is -2.21. The Kier molecular flexibility index (Phi) is 6.86. The highest BCUT2D eigenvalue weighted by atomic mass is 127. The molecule has 0 saturated heterocycles. The van der Waals surface area contributed by atoms with Crippen LogP contribution in [0.15, 0.2) is 48.0 Å². The second-order valence-electron chi connectivity index (χ2n) is 6.13. The molecule has 0 spiro atoms. The van der Waals surface area contributed by atoms with Crippen LogP contribution in [0.5, 0.6) is 0 Å². The van der Waals surface area contributed by atoms with Crippen LogP contribution in [-0.2, 0) is 13.1 Å². The van der Waals surface area contributed by atoms with Crippen LogP contribution in [0.1, 0.15) is 31.9 Å². The predicted molar refractivity (Wildman–Crippen MR) is 101 cm³/mol. The normalized spacial score (nSPS) is 11.9. The van der Waals surface area contributed by atoms with Crippen molar-refractivity contribution in [2.75, 3.05) is 0 Å². The van der Waals surface area contributed by atoms with E-state index in [0.29, 0.717) is 12.5 Å². The van der Waals surface area contributed by atoms with Gasteiger partial charge < -0.3 is 15.6 Å². The van der Waals surface area contributed by atoms with Crippen molar-refractivity contribution in [3.05, 3.63) is 54.1 Å². The molecule has 22 heavy (non-hydrogen) atoms. The summed E-state index contributed by atoms with van der Waals surface area (Å²) in [7, 11) is 0. The Balaban J connectivity index is 0.00000242. The molecule has 0 amide bonds. The summed E-state index contributed by atoms with van der Waals surface area (Å²) in [6.45, 7) is 7.56. The van der Waals surface area contributed by atoms with E-state index in [1.807, 2.05) is 23.2 Å². The molecule has 3 N–H and O–H groups in total. The molecule has 0 saturated carbocycles. The van der Waals surface area contributed by atoms with E-state index in [1.165, 1.54) is 5.56 Å². The number of benzene rings is 1. The third-order valence-electron chi connectivity index (χ3n) is 2.85. The van der Waals surface area contributed by atoms with Gasteiger partial charge in [0, 0.05) is 24.5 Å². The maximum absolute atomic E-state index is 5.88. The van der Waals surface area contributed by atoms with Crippen LogP contribution in [-0.4, -0.2) is 21.0 Å². The van der Waals surface area contributed by atoms with Crippen LogP contribution in [0.3, 0.4) is 0 Å². The van der Waals surface area contributed by atoms with Gasteiger partial charge in [-0.1, -0.05) is 24.3 Å². The Morgan fingerprint density at radius 2 is 2.05 bits per heavy atom. The molecule has 0 bridgehead atoms. The second-order valence-corrected chi connectivity index (χ2v) is 6.13. The molecule has 1 aromatic heterocycles. The molecule has 6 heteroatoms. The molecule has 0 fully saturated rings. The number of guanidine groups is 1. The average molecular weight is 413 g/mol. The highest BCUT2D eigenvalue weighted by molar-refractivity contribution is 14.0. The Hall–Kier alpha value is -1.57. The van der Waals surface area contributed by atoms with Crippen LogP contribution in [0.4, 0.5) is 0 Å². The minimum absolute atomic E-state index is 0. The van der Waals surface area contributed by atoms with Gasteiger partial charge in [0.1, 0.15) is 0 Å². The van der Waals surface area contributed by atoms with Crippen LogP contribution in [0.2, 0.25) is 0 Å². The van der Waals surface area contributed by atoms with Crippen molar-refractivity contribution >= 4 is 29.9 Å². The van der Waals surface area contributed by atoms with Crippen LogP contribution in [0.25, 0.3) is 0 Å². The first-order valence-corrected chi connectivity index (χ1v) is 7.04. The zero-order valence-electron chi connectivity index (χ0n) is 13.3. The molecule has 0 unspecified atom stereocenters. The summed E-state index contributed by atoms with van der Waals surface area (Å²) < 4.78 is 2.04. The Morgan fingerprint density at radius 3 is 2.68 bits per heavy atom. The number of hydrogen-bond donors (Lipinski definition) is 2. The van der Waals surface area contributed by atoms with E-state index < -0.39 is 0 Å². The standard InChI is InChI=1S/C16H23N5.HI/c1-16(2,3)20-15(17)19-10-13-5-4-6-14(9-13)11-21-8-7-18-12-21;/h4-9,12H,10-11H2,1-3H3,(H3,17,19,20);1H. The second kappa shape index (κ2) is 8.17. The quantitative estimate of drug-likeness (QED) is 0.460. The van der Waals surface area contributed by atoms with Crippen molar-refractivity contribution in [3.63, 3.8) is 0 Å². The smallest absolute Gasteiger partial charge is 0.189 e. The van der Waals surface area contributed by atoms with Gasteiger partial charge >= 0.3 is 0 Å². The lowest BCUT2D eigenvalue weighted by Crippen LogP contribution is -2.44. The lowest BCUT2D eigenvalue weighted by atomic mass is 10.1. The minimum Gasteiger partial charge on any atom is -0.370 e. The number of aromatic nitrogens is 2. The van der Waals surface area contributed by atoms with Crippen molar-refractivity contribution in [2.24, 2.45) is 10.7 Å². The number of halogens is 1. The maximum atomic E-state index is 5.88. The van der Waals surface area contributed by atoms with Gasteiger partial charge in [-0.25, -0.2) is 9.98 Å². The third-order valence-corrected chi connectivity index (χ3v) is 2.85. The van der Waals surface area contributed by atoms with E-state index in [9.17, 15) is 0 Å². The summed E-state index contributed by atoms with van der Waals surface area (Å²) in [6.07, 6.45) is 5.55. The monoisotopic (exact) mass is 413 g/mol. The number of nitrogens with one attached hydrogen (secondary N) is 1. The first-order valence-electron chi connectivity index (χ1n) is 7.04. The minimum atomic E-state index is -0.0726. The molecule has 1 aromatic carbocycles. The van der Waals surface area contributed by atoms with Crippen molar-refractivity contribution in [2.45, 2.75) is 39.4 Å². The van der Waals surface area contributed by atoms with E-state index in [4.69, 9.17) is 5.73 Å². The van der Waals surface area contributed by atoms with Crippen LogP contribution < -0.4 is 11.1 Å². The van der Waals surface area contributed by atoms with Gasteiger partial charge in [0.25, 0.3) is 0 Å². The van der Waals surface area contributed by atoms with Crippen LogP contribution >= 0.6 is 24.0 Å². The zero-order chi connectivity index (χ0) is 15.3. The first-order chi connectivity index (χ1) is 9.92. The van der Waals surface area contributed by atoms with Gasteiger partial charge in [0.15, 0.2) is 5.96 Å². The molecule has 1 heterocycles. The average Bonchev–Trinajstić information content (AvgIpc) is 2.88. The van der Waals surface area contributed by atoms with E-state index in [2.05, 4.69) is 54.3 Å². The van der Waals surface area contributed by atoms with Gasteiger partial charge in [-0.05, 0) is 31.9 Å². The van der Waals surface area contributed by atoms with Gasteiger partial charge in [0.2, 0.25) is 0 Å². The summed E-state index contributed by atoms with van der Waals surface area (Å²) >= 11 is 0. The van der Waals surface area contributed by atoms with E-state index in [-0.39, 0.29) is 29.5 Å².